The first-order valence-corrected chi connectivity index (χ1v) is 9.98. The first-order valence-electron chi connectivity index (χ1n) is 8.37. The van der Waals surface area contributed by atoms with Crippen molar-refractivity contribution in [2.45, 2.75) is 13.5 Å². The minimum Gasteiger partial charge on any atom is -0.545 e. The lowest BCUT2D eigenvalue weighted by atomic mass is 10.1. The summed E-state index contributed by atoms with van der Waals surface area (Å²) < 4.78 is 6.45. The van der Waals surface area contributed by atoms with Gasteiger partial charge >= 0.3 is 0 Å². The number of carbonyl (C=O) groups excluding carboxylic acids is 3. The monoisotopic (exact) mass is 460 g/mol. The lowest BCUT2D eigenvalue weighted by Gasteiger charge is -2.10. The molecule has 3 rings (SSSR count). The number of benzene rings is 2. The molecule has 0 atom stereocenters. The summed E-state index contributed by atoms with van der Waals surface area (Å²) in [4.78, 5) is 36.3. The molecule has 1 aliphatic heterocycles. The summed E-state index contributed by atoms with van der Waals surface area (Å²) in [6.07, 6.45) is 1.67. The van der Waals surface area contributed by atoms with Crippen molar-refractivity contribution in [3.05, 3.63) is 68.5 Å². The molecule has 0 aliphatic carbocycles. The van der Waals surface area contributed by atoms with E-state index in [1.54, 1.807) is 43.3 Å². The van der Waals surface area contributed by atoms with Gasteiger partial charge in [-0.3, -0.25) is 14.5 Å². The van der Waals surface area contributed by atoms with E-state index in [0.717, 1.165) is 22.9 Å². The van der Waals surface area contributed by atoms with E-state index in [1.165, 1.54) is 17.0 Å². The van der Waals surface area contributed by atoms with E-state index < -0.39 is 5.97 Å². The number of imide groups is 1. The maximum absolute atomic E-state index is 12.2. The van der Waals surface area contributed by atoms with E-state index in [2.05, 4.69) is 15.9 Å². The van der Waals surface area contributed by atoms with Crippen LogP contribution >= 0.6 is 27.7 Å². The molecule has 0 N–H and O–H groups in total. The Balaban J connectivity index is 1.69. The van der Waals surface area contributed by atoms with Crippen molar-refractivity contribution in [1.29, 1.82) is 0 Å². The number of ether oxygens (including phenoxy) is 1. The van der Waals surface area contributed by atoms with Crippen LogP contribution < -0.4 is 9.84 Å². The second kappa shape index (κ2) is 8.62. The van der Waals surface area contributed by atoms with Gasteiger partial charge in [0.25, 0.3) is 11.1 Å². The number of hydrogen-bond donors (Lipinski definition) is 0. The van der Waals surface area contributed by atoms with Gasteiger partial charge in [0.05, 0.1) is 15.3 Å². The molecule has 8 heteroatoms. The average Bonchev–Trinajstić information content (AvgIpc) is 2.94. The number of rotatable bonds is 6. The molecule has 1 heterocycles. The van der Waals surface area contributed by atoms with Gasteiger partial charge in [-0.1, -0.05) is 30.3 Å². The normalized spacial score (nSPS) is 15.4. The molecule has 0 aromatic heterocycles. The quantitative estimate of drug-likeness (QED) is 0.613. The fourth-order valence-corrected chi connectivity index (χ4v) is 3.96. The molecule has 2 amide bonds. The first-order chi connectivity index (χ1) is 13.4. The highest BCUT2D eigenvalue weighted by atomic mass is 79.9. The molecule has 0 unspecified atom stereocenters. The number of carboxylic acids is 1. The Bertz CT molecular complexity index is 971. The van der Waals surface area contributed by atoms with Crippen molar-refractivity contribution in [3.8, 4) is 5.75 Å². The van der Waals surface area contributed by atoms with Crippen molar-refractivity contribution in [1.82, 2.24) is 4.90 Å². The highest BCUT2D eigenvalue weighted by molar-refractivity contribution is 9.10. The molecule has 1 saturated heterocycles. The number of aromatic carboxylic acids is 1. The van der Waals surface area contributed by atoms with Crippen molar-refractivity contribution < 1.29 is 24.2 Å². The summed E-state index contributed by atoms with van der Waals surface area (Å²) in [7, 11) is 0. The zero-order valence-corrected chi connectivity index (χ0v) is 17.2. The zero-order chi connectivity index (χ0) is 20.3. The Labute approximate surface area is 174 Å². The lowest BCUT2D eigenvalue weighted by Crippen LogP contribution is -2.27. The van der Waals surface area contributed by atoms with Crippen LogP contribution in [0.25, 0.3) is 6.08 Å². The molecule has 1 aliphatic rings. The number of thioether (sulfide) groups is 1. The van der Waals surface area contributed by atoms with Crippen LogP contribution in [0.3, 0.4) is 0 Å². The number of halogens is 1. The van der Waals surface area contributed by atoms with E-state index in [0.29, 0.717) is 21.7 Å². The predicted octanol–water partition coefficient (Wildman–Crippen LogP) is 3.45. The first kappa shape index (κ1) is 20.2. The number of likely N-dealkylation sites (N-methyl/N-ethyl adjacent to an activating group) is 1. The van der Waals surface area contributed by atoms with E-state index >= 15 is 0 Å². The summed E-state index contributed by atoms with van der Waals surface area (Å²) >= 11 is 4.37. The Morgan fingerprint density at radius 2 is 1.93 bits per heavy atom. The molecule has 144 valence electrons. The maximum Gasteiger partial charge on any atom is 0.293 e. The topological polar surface area (TPSA) is 86.7 Å². The smallest absolute Gasteiger partial charge is 0.293 e. The Morgan fingerprint density at radius 3 is 2.50 bits per heavy atom. The van der Waals surface area contributed by atoms with Gasteiger partial charge in [-0.2, -0.15) is 0 Å². The molecule has 28 heavy (non-hydrogen) atoms. The molecule has 0 radical (unpaired) electrons. The van der Waals surface area contributed by atoms with E-state index in [-0.39, 0.29) is 23.3 Å². The number of nitrogens with zero attached hydrogens (tertiary/aromatic N) is 1. The second-order valence-electron chi connectivity index (χ2n) is 5.89. The molecule has 2 aromatic carbocycles. The molecular formula is C20H15BrNO5S-. The van der Waals surface area contributed by atoms with Gasteiger partial charge in [-0.05, 0) is 69.5 Å². The van der Waals surface area contributed by atoms with Gasteiger partial charge in [-0.15, -0.1) is 0 Å². The highest BCUT2D eigenvalue weighted by Crippen LogP contribution is 2.33. The molecule has 0 spiro atoms. The number of amides is 2. The molecule has 6 nitrogen and oxygen atoms in total. The summed E-state index contributed by atoms with van der Waals surface area (Å²) in [5.74, 6) is -0.903. The van der Waals surface area contributed by atoms with Crippen LogP contribution in [0.4, 0.5) is 4.79 Å². The lowest BCUT2D eigenvalue weighted by molar-refractivity contribution is -0.255. The SMILES string of the molecule is CCN1C(=O)S/C(=C/c2ccc(OCc3ccc(C(=O)[O-])cc3)c(Br)c2)C1=O. The summed E-state index contributed by atoms with van der Waals surface area (Å²) in [5.41, 5.74) is 1.69. The van der Waals surface area contributed by atoms with Crippen molar-refractivity contribution in [2.24, 2.45) is 0 Å². The van der Waals surface area contributed by atoms with Crippen LogP contribution in [-0.4, -0.2) is 28.6 Å². The third-order valence-electron chi connectivity index (χ3n) is 4.03. The molecule has 0 bridgehead atoms. The van der Waals surface area contributed by atoms with Gasteiger partial charge in [0, 0.05) is 6.54 Å². The van der Waals surface area contributed by atoms with Crippen molar-refractivity contribution >= 4 is 50.9 Å². The van der Waals surface area contributed by atoms with E-state index in [1.807, 2.05) is 0 Å². The van der Waals surface area contributed by atoms with Gasteiger partial charge in [0.1, 0.15) is 12.4 Å². The minimum atomic E-state index is -1.22. The fourth-order valence-electron chi connectivity index (χ4n) is 2.55. The van der Waals surface area contributed by atoms with Crippen molar-refractivity contribution in [2.75, 3.05) is 6.54 Å². The summed E-state index contributed by atoms with van der Waals surface area (Å²) in [6.45, 7) is 2.37. The van der Waals surface area contributed by atoms with E-state index in [4.69, 9.17) is 4.74 Å². The second-order valence-corrected chi connectivity index (χ2v) is 7.74. The average molecular weight is 461 g/mol. The number of hydrogen-bond acceptors (Lipinski definition) is 6. The van der Waals surface area contributed by atoms with Crippen LogP contribution in [0.2, 0.25) is 0 Å². The number of carboxylic acid groups (broad SMARTS) is 1. The van der Waals surface area contributed by atoms with Crippen LogP contribution in [0, 0.1) is 0 Å². The maximum atomic E-state index is 12.2. The summed E-state index contributed by atoms with van der Waals surface area (Å²) in [5, 5.41) is 10.5. The van der Waals surface area contributed by atoms with Crippen molar-refractivity contribution in [3.63, 3.8) is 0 Å². The van der Waals surface area contributed by atoms with Crippen LogP contribution in [0.15, 0.2) is 51.8 Å². The zero-order valence-electron chi connectivity index (χ0n) is 14.8. The predicted molar refractivity (Wildman–Crippen MR) is 108 cm³/mol. The standard InChI is InChI=1S/C20H16BrNO5S/c1-2-22-18(23)17(28-20(22)26)10-13-5-8-16(15(21)9-13)27-11-12-3-6-14(7-4-12)19(24)25/h3-10H,2,11H2,1H3,(H,24,25)/p-1/b17-10+. The highest BCUT2D eigenvalue weighted by Gasteiger charge is 2.33. The van der Waals surface area contributed by atoms with Gasteiger partial charge in [0.2, 0.25) is 0 Å². The fraction of sp³-hybridized carbons (Fsp3) is 0.150. The van der Waals surface area contributed by atoms with Gasteiger partial charge in [0.15, 0.2) is 0 Å². The van der Waals surface area contributed by atoms with Gasteiger partial charge in [-0.25, -0.2) is 0 Å². The summed E-state index contributed by atoms with van der Waals surface area (Å²) in [6, 6.07) is 11.6. The number of carbonyl (C=O) groups is 3. The van der Waals surface area contributed by atoms with Crippen LogP contribution in [0.5, 0.6) is 5.75 Å². The molecular weight excluding hydrogens is 446 g/mol. The molecule has 2 aromatic rings. The Kier molecular flexibility index (Phi) is 6.21. The minimum absolute atomic E-state index is 0.113. The van der Waals surface area contributed by atoms with E-state index in [9.17, 15) is 19.5 Å². The van der Waals surface area contributed by atoms with Gasteiger partial charge < -0.3 is 14.6 Å². The molecule has 0 saturated carbocycles. The largest absolute Gasteiger partial charge is 0.545 e. The Morgan fingerprint density at radius 1 is 1.21 bits per heavy atom. The Hall–Kier alpha value is -2.58. The van der Waals surface area contributed by atoms with Crippen LogP contribution in [-0.2, 0) is 11.4 Å². The van der Waals surface area contributed by atoms with Crippen LogP contribution in [0.1, 0.15) is 28.4 Å². The molecule has 1 fully saturated rings. The third-order valence-corrected chi connectivity index (χ3v) is 5.55. The third kappa shape index (κ3) is 4.45.